The molecule has 2 rings (SSSR count). The molecule has 0 aliphatic carbocycles. The second-order valence-electron chi connectivity index (χ2n) is 6.87. The van der Waals surface area contributed by atoms with Gasteiger partial charge in [-0.05, 0) is 43.9 Å². The third kappa shape index (κ3) is 4.83. The number of benzene rings is 1. The van der Waals surface area contributed by atoms with Crippen LogP contribution in [0.5, 0.6) is 5.75 Å². The number of ether oxygens (including phenoxy) is 3. The van der Waals surface area contributed by atoms with E-state index in [4.69, 9.17) is 19.9 Å². The molecule has 1 aliphatic heterocycles. The van der Waals surface area contributed by atoms with E-state index in [0.717, 1.165) is 6.42 Å². The van der Waals surface area contributed by atoms with Crippen molar-refractivity contribution in [2.75, 3.05) is 13.2 Å². The van der Waals surface area contributed by atoms with E-state index in [1.807, 2.05) is 6.07 Å². The molecule has 28 heavy (non-hydrogen) atoms. The highest BCUT2D eigenvalue weighted by atomic mass is 19.1. The molecule has 1 unspecified atom stereocenters. The Morgan fingerprint density at radius 2 is 2.11 bits per heavy atom. The lowest BCUT2D eigenvalue weighted by Gasteiger charge is -2.27. The van der Waals surface area contributed by atoms with Crippen LogP contribution in [0.15, 0.2) is 41.0 Å². The van der Waals surface area contributed by atoms with Gasteiger partial charge < -0.3 is 19.9 Å². The van der Waals surface area contributed by atoms with Gasteiger partial charge in [0.1, 0.15) is 29.0 Å². The number of esters is 1. The molecule has 0 radical (unpaired) electrons. The van der Waals surface area contributed by atoms with Crippen LogP contribution in [0.25, 0.3) is 0 Å². The van der Waals surface area contributed by atoms with Crippen LogP contribution in [0.3, 0.4) is 0 Å². The standard InChI is InChI=1S/C21H25FN2O4/c1-5-26-21(25)18-13(4)28-20(24)17(11-23)19(18)14-8-15(22)10-16(9-14)27-7-6-12(2)3/h8-10,12,19H,5-7,24H2,1-4H3. The van der Waals surface area contributed by atoms with Crippen LogP contribution in [0.1, 0.15) is 45.6 Å². The molecule has 0 bridgehead atoms. The van der Waals surface area contributed by atoms with Gasteiger partial charge in [-0.2, -0.15) is 5.26 Å². The number of carbonyl (C=O) groups excluding carboxylic acids is 1. The van der Waals surface area contributed by atoms with Crippen molar-refractivity contribution < 1.29 is 23.4 Å². The Bertz CT molecular complexity index is 852. The average Bonchev–Trinajstić information content (AvgIpc) is 2.60. The summed E-state index contributed by atoms with van der Waals surface area (Å²) < 4.78 is 30.4. The zero-order valence-electron chi connectivity index (χ0n) is 16.5. The predicted molar refractivity (Wildman–Crippen MR) is 101 cm³/mol. The van der Waals surface area contributed by atoms with Crippen molar-refractivity contribution in [3.8, 4) is 11.8 Å². The van der Waals surface area contributed by atoms with Gasteiger partial charge in [0.2, 0.25) is 5.88 Å². The summed E-state index contributed by atoms with van der Waals surface area (Å²) in [4.78, 5) is 12.5. The Kier molecular flexibility index (Phi) is 7.05. The maximum Gasteiger partial charge on any atom is 0.338 e. The van der Waals surface area contributed by atoms with Gasteiger partial charge in [-0.1, -0.05) is 13.8 Å². The van der Waals surface area contributed by atoms with Crippen molar-refractivity contribution in [1.82, 2.24) is 0 Å². The number of nitrogens with two attached hydrogens (primary N) is 1. The maximum absolute atomic E-state index is 14.3. The van der Waals surface area contributed by atoms with Crippen LogP contribution in [-0.2, 0) is 14.3 Å². The zero-order chi connectivity index (χ0) is 20.8. The minimum atomic E-state index is -0.902. The molecule has 0 amide bonds. The molecular weight excluding hydrogens is 363 g/mol. The smallest absolute Gasteiger partial charge is 0.338 e. The molecular formula is C21H25FN2O4. The molecule has 1 aliphatic rings. The fraction of sp³-hybridized carbons (Fsp3) is 0.429. The Morgan fingerprint density at radius 1 is 1.39 bits per heavy atom. The van der Waals surface area contributed by atoms with Crippen molar-refractivity contribution in [2.24, 2.45) is 11.7 Å². The number of nitrogens with zero attached hydrogens (tertiary/aromatic N) is 1. The summed E-state index contributed by atoms with van der Waals surface area (Å²) in [5.41, 5.74) is 6.36. The van der Waals surface area contributed by atoms with Crippen molar-refractivity contribution in [3.63, 3.8) is 0 Å². The Morgan fingerprint density at radius 3 is 2.71 bits per heavy atom. The quantitative estimate of drug-likeness (QED) is 0.712. The van der Waals surface area contributed by atoms with Gasteiger partial charge in [0.05, 0.1) is 24.7 Å². The Labute approximate surface area is 164 Å². The summed E-state index contributed by atoms with van der Waals surface area (Å²) in [5.74, 6) is -1.23. The third-order valence-electron chi connectivity index (χ3n) is 4.29. The van der Waals surface area contributed by atoms with E-state index in [9.17, 15) is 14.4 Å². The number of hydrogen-bond acceptors (Lipinski definition) is 6. The van der Waals surface area contributed by atoms with Crippen LogP contribution in [0, 0.1) is 23.1 Å². The minimum Gasteiger partial charge on any atom is -0.493 e. The van der Waals surface area contributed by atoms with Crippen LogP contribution < -0.4 is 10.5 Å². The Balaban J connectivity index is 2.50. The van der Waals surface area contributed by atoms with E-state index in [-0.39, 0.29) is 29.4 Å². The molecule has 0 spiro atoms. The molecule has 6 nitrogen and oxygen atoms in total. The van der Waals surface area contributed by atoms with Gasteiger partial charge in [-0.25, -0.2) is 9.18 Å². The molecule has 2 N–H and O–H groups in total. The summed E-state index contributed by atoms with van der Waals surface area (Å²) in [6.07, 6.45) is 0.812. The van der Waals surface area contributed by atoms with E-state index in [1.165, 1.54) is 12.1 Å². The highest BCUT2D eigenvalue weighted by Gasteiger charge is 2.36. The van der Waals surface area contributed by atoms with Gasteiger partial charge in [0.15, 0.2) is 0 Å². The predicted octanol–water partition coefficient (Wildman–Crippen LogP) is 3.90. The number of hydrogen-bond donors (Lipinski definition) is 1. The van der Waals surface area contributed by atoms with Gasteiger partial charge in [0.25, 0.3) is 0 Å². The van der Waals surface area contributed by atoms with Gasteiger partial charge in [0, 0.05) is 6.07 Å². The van der Waals surface area contributed by atoms with Crippen LogP contribution in [-0.4, -0.2) is 19.2 Å². The van der Waals surface area contributed by atoms with Crippen molar-refractivity contribution in [1.29, 1.82) is 5.26 Å². The first-order valence-corrected chi connectivity index (χ1v) is 9.17. The highest BCUT2D eigenvalue weighted by molar-refractivity contribution is 5.92. The number of halogens is 1. The SMILES string of the molecule is CCOC(=O)C1=C(C)OC(N)=C(C#N)C1c1cc(F)cc(OCCC(C)C)c1. The van der Waals surface area contributed by atoms with E-state index >= 15 is 0 Å². The largest absolute Gasteiger partial charge is 0.493 e. The normalized spacial score (nSPS) is 16.7. The fourth-order valence-corrected chi connectivity index (χ4v) is 2.94. The summed E-state index contributed by atoms with van der Waals surface area (Å²) in [5, 5.41) is 9.58. The molecule has 0 saturated heterocycles. The summed E-state index contributed by atoms with van der Waals surface area (Å²) in [6.45, 7) is 7.93. The number of rotatable bonds is 7. The minimum absolute atomic E-state index is 0.0207. The first-order chi connectivity index (χ1) is 13.3. The molecule has 150 valence electrons. The summed E-state index contributed by atoms with van der Waals surface area (Å²) >= 11 is 0. The molecule has 0 fully saturated rings. The van der Waals surface area contributed by atoms with Crippen LogP contribution in [0.2, 0.25) is 0 Å². The number of carbonyl (C=O) groups is 1. The first kappa shape index (κ1) is 21.3. The van der Waals surface area contributed by atoms with E-state index < -0.39 is 17.7 Å². The fourth-order valence-electron chi connectivity index (χ4n) is 2.94. The maximum atomic E-state index is 14.3. The Hall–Kier alpha value is -3.01. The van der Waals surface area contributed by atoms with E-state index in [0.29, 0.717) is 23.8 Å². The monoisotopic (exact) mass is 388 g/mol. The van der Waals surface area contributed by atoms with Crippen LogP contribution in [0.4, 0.5) is 4.39 Å². The second kappa shape index (κ2) is 9.27. The van der Waals surface area contributed by atoms with E-state index in [1.54, 1.807) is 19.9 Å². The third-order valence-corrected chi connectivity index (χ3v) is 4.29. The lowest BCUT2D eigenvalue weighted by molar-refractivity contribution is -0.139. The first-order valence-electron chi connectivity index (χ1n) is 9.17. The molecule has 7 heteroatoms. The summed E-state index contributed by atoms with van der Waals surface area (Å²) in [7, 11) is 0. The molecule has 1 aromatic rings. The second-order valence-corrected chi connectivity index (χ2v) is 6.87. The average molecular weight is 388 g/mol. The van der Waals surface area contributed by atoms with Crippen molar-refractivity contribution in [2.45, 2.75) is 40.0 Å². The van der Waals surface area contributed by atoms with Gasteiger partial charge in [-0.15, -0.1) is 0 Å². The molecule has 0 saturated carbocycles. The molecule has 0 aromatic heterocycles. The number of allylic oxidation sites excluding steroid dienone is 2. The van der Waals surface area contributed by atoms with Crippen LogP contribution >= 0.6 is 0 Å². The number of nitriles is 1. The van der Waals surface area contributed by atoms with Crippen molar-refractivity contribution in [3.05, 3.63) is 52.4 Å². The lowest BCUT2D eigenvalue weighted by atomic mass is 9.83. The van der Waals surface area contributed by atoms with Gasteiger partial charge >= 0.3 is 5.97 Å². The van der Waals surface area contributed by atoms with Crippen molar-refractivity contribution >= 4 is 5.97 Å². The zero-order valence-corrected chi connectivity index (χ0v) is 16.5. The summed E-state index contributed by atoms with van der Waals surface area (Å²) in [6, 6.07) is 6.10. The molecule has 1 heterocycles. The lowest BCUT2D eigenvalue weighted by Crippen LogP contribution is -2.25. The van der Waals surface area contributed by atoms with E-state index in [2.05, 4.69) is 13.8 Å². The molecule has 1 atom stereocenters. The topological polar surface area (TPSA) is 94.6 Å². The van der Waals surface area contributed by atoms with Gasteiger partial charge in [-0.3, -0.25) is 0 Å². The molecule has 1 aromatic carbocycles. The highest BCUT2D eigenvalue weighted by Crippen LogP contribution is 2.40.